The number of rotatable bonds is 6. The number of hydrogen-bond acceptors (Lipinski definition) is 4. The molecule has 0 aliphatic carbocycles. The van der Waals surface area contributed by atoms with Gasteiger partial charge in [0, 0.05) is 18.1 Å². The van der Waals surface area contributed by atoms with Gasteiger partial charge in [-0.05, 0) is 39.5 Å². The Balaban J connectivity index is 2.69. The van der Waals surface area contributed by atoms with Gasteiger partial charge in [-0.25, -0.2) is 4.79 Å². The topological polar surface area (TPSA) is 48.0 Å². The van der Waals surface area contributed by atoms with Gasteiger partial charge in [-0.1, -0.05) is 36.4 Å². The second-order valence-corrected chi connectivity index (χ2v) is 8.41. The zero-order valence-corrected chi connectivity index (χ0v) is 17.5. The van der Waals surface area contributed by atoms with E-state index in [1.54, 1.807) is 12.0 Å². The van der Waals surface area contributed by atoms with Crippen LogP contribution in [0.5, 0.6) is 0 Å². The summed E-state index contributed by atoms with van der Waals surface area (Å²) in [6.07, 6.45) is 1.72. The van der Waals surface area contributed by atoms with Crippen LogP contribution in [0.1, 0.15) is 47.5 Å². The fourth-order valence-corrected chi connectivity index (χ4v) is 3.48. The molecule has 0 aromatic heterocycles. The SMILES string of the molecule is COC(COC1(CI)CCCN(C(=O)OC(C)(C)C)C1)C(C)C. The maximum Gasteiger partial charge on any atom is 0.410 e. The van der Waals surface area contributed by atoms with Crippen molar-refractivity contribution in [1.82, 2.24) is 4.90 Å². The highest BCUT2D eigenvalue weighted by molar-refractivity contribution is 14.1. The molecule has 0 spiro atoms. The van der Waals surface area contributed by atoms with Gasteiger partial charge in [0.25, 0.3) is 0 Å². The number of likely N-dealkylation sites (tertiary alicyclic amines) is 1. The van der Waals surface area contributed by atoms with E-state index in [-0.39, 0.29) is 17.8 Å². The highest BCUT2D eigenvalue weighted by Gasteiger charge is 2.39. The molecule has 1 saturated heterocycles. The predicted molar refractivity (Wildman–Crippen MR) is 100 cm³/mol. The van der Waals surface area contributed by atoms with E-state index < -0.39 is 5.60 Å². The molecule has 1 aliphatic heterocycles. The van der Waals surface area contributed by atoms with Crippen molar-refractivity contribution in [3.63, 3.8) is 0 Å². The number of amides is 1. The molecule has 2 atom stereocenters. The lowest BCUT2D eigenvalue weighted by Crippen LogP contribution is -2.54. The summed E-state index contributed by atoms with van der Waals surface area (Å²) in [7, 11) is 1.72. The Morgan fingerprint density at radius 1 is 1.35 bits per heavy atom. The normalized spacial score (nSPS) is 23.9. The third-order valence-electron chi connectivity index (χ3n) is 4.03. The van der Waals surface area contributed by atoms with Crippen molar-refractivity contribution in [2.75, 3.05) is 31.2 Å². The van der Waals surface area contributed by atoms with Crippen LogP contribution in [0.25, 0.3) is 0 Å². The van der Waals surface area contributed by atoms with Gasteiger partial charge in [0.2, 0.25) is 0 Å². The first-order chi connectivity index (χ1) is 10.6. The van der Waals surface area contributed by atoms with Crippen molar-refractivity contribution in [3.8, 4) is 0 Å². The molecule has 0 N–H and O–H groups in total. The second-order valence-electron chi connectivity index (χ2n) is 7.65. The number of nitrogens with zero attached hydrogens (tertiary/aromatic N) is 1. The molecule has 0 radical (unpaired) electrons. The van der Waals surface area contributed by atoms with Crippen LogP contribution in [-0.4, -0.2) is 59.5 Å². The van der Waals surface area contributed by atoms with Crippen LogP contribution in [0, 0.1) is 5.92 Å². The highest BCUT2D eigenvalue weighted by Crippen LogP contribution is 2.29. The summed E-state index contributed by atoms with van der Waals surface area (Å²) < 4.78 is 18.1. The molecule has 5 nitrogen and oxygen atoms in total. The Morgan fingerprint density at radius 2 is 2.00 bits per heavy atom. The highest BCUT2D eigenvalue weighted by atomic mass is 127. The van der Waals surface area contributed by atoms with Crippen LogP contribution in [0.4, 0.5) is 4.79 Å². The molecular weight excluding hydrogens is 409 g/mol. The Hall–Kier alpha value is -0.0800. The molecule has 0 aromatic carbocycles. The third kappa shape index (κ3) is 6.74. The molecular formula is C17H32INO4. The molecule has 1 fully saturated rings. The number of methoxy groups -OCH3 is 1. The first-order valence-electron chi connectivity index (χ1n) is 8.33. The largest absolute Gasteiger partial charge is 0.444 e. The van der Waals surface area contributed by atoms with Gasteiger partial charge in [-0.3, -0.25) is 0 Å². The van der Waals surface area contributed by atoms with Crippen molar-refractivity contribution >= 4 is 28.7 Å². The number of hydrogen-bond donors (Lipinski definition) is 0. The fraction of sp³-hybridized carbons (Fsp3) is 0.941. The smallest absolute Gasteiger partial charge is 0.410 e. The number of halogens is 1. The Morgan fingerprint density at radius 3 is 2.48 bits per heavy atom. The average molecular weight is 441 g/mol. The molecule has 1 aliphatic rings. The first-order valence-corrected chi connectivity index (χ1v) is 9.85. The molecule has 0 bridgehead atoms. The Kier molecular flexibility index (Phi) is 8.07. The van der Waals surface area contributed by atoms with Crippen LogP contribution in [-0.2, 0) is 14.2 Å². The third-order valence-corrected chi connectivity index (χ3v) is 5.42. The van der Waals surface area contributed by atoms with Gasteiger partial charge in [0.05, 0.1) is 24.9 Å². The van der Waals surface area contributed by atoms with E-state index in [1.807, 2.05) is 20.8 Å². The number of alkyl halides is 1. The lowest BCUT2D eigenvalue weighted by atomic mass is 9.94. The van der Waals surface area contributed by atoms with Gasteiger partial charge < -0.3 is 19.1 Å². The molecule has 0 saturated carbocycles. The van der Waals surface area contributed by atoms with Gasteiger partial charge in [-0.2, -0.15) is 0 Å². The van der Waals surface area contributed by atoms with Crippen molar-refractivity contribution < 1.29 is 19.0 Å². The van der Waals surface area contributed by atoms with Gasteiger partial charge in [-0.15, -0.1) is 0 Å². The minimum absolute atomic E-state index is 0.0757. The zero-order valence-electron chi connectivity index (χ0n) is 15.4. The first kappa shape index (κ1) is 21.0. The van der Waals surface area contributed by atoms with E-state index in [1.165, 1.54) is 0 Å². The summed E-state index contributed by atoms with van der Waals surface area (Å²) in [4.78, 5) is 14.1. The van der Waals surface area contributed by atoms with Crippen molar-refractivity contribution in [2.45, 2.75) is 64.8 Å². The average Bonchev–Trinajstić information content (AvgIpc) is 2.46. The fourth-order valence-electron chi connectivity index (χ4n) is 2.64. The van der Waals surface area contributed by atoms with E-state index in [2.05, 4.69) is 36.4 Å². The summed E-state index contributed by atoms with van der Waals surface area (Å²) >= 11 is 2.35. The lowest BCUT2D eigenvalue weighted by molar-refractivity contribution is -0.112. The van der Waals surface area contributed by atoms with Crippen LogP contribution in [0.3, 0.4) is 0 Å². The zero-order chi connectivity index (χ0) is 17.7. The van der Waals surface area contributed by atoms with Crippen LogP contribution in [0.2, 0.25) is 0 Å². The summed E-state index contributed by atoms with van der Waals surface area (Å²) in [5.74, 6) is 0.400. The van der Waals surface area contributed by atoms with E-state index >= 15 is 0 Å². The summed E-state index contributed by atoms with van der Waals surface area (Å²) in [6, 6.07) is 0. The molecule has 1 heterocycles. The van der Waals surface area contributed by atoms with Crippen molar-refractivity contribution in [2.24, 2.45) is 5.92 Å². The standard InChI is InChI=1S/C17H32INO4/c1-13(2)14(21-6)10-22-17(11-18)8-7-9-19(12-17)15(20)23-16(3,4)5/h13-14H,7-12H2,1-6H3. The molecule has 136 valence electrons. The minimum atomic E-state index is -0.471. The summed E-state index contributed by atoms with van der Waals surface area (Å²) in [5, 5.41) is 0. The molecule has 1 amide bonds. The Bertz CT molecular complexity index is 383. The molecule has 1 rings (SSSR count). The quantitative estimate of drug-likeness (QED) is 0.464. The maximum absolute atomic E-state index is 12.3. The Labute approximate surface area is 154 Å². The minimum Gasteiger partial charge on any atom is -0.444 e. The van der Waals surface area contributed by atoms with E-state index in [4.69, 9.17) is 14.2 Å². The second kappa shape index (κ2) is 8.85. The van der Waals surface area contributed by atoms with Gasteiger partial charge in [0.15, 0.2) is 0 Å². The lowest BCUT2D eigenvalue weighted by Gasteiger charge is -2.42. The van der Waals surface area contributed by atoms with Crippen LogP contribution >= 0.6 is 22.6 Å². The van der Waals surface area contributed by atoms with Gasteiger partial charge >= 0.3 is 6.09 Å². The predicted octanol–water partition coefficient (Wildman–Crippen LogP) is 3.88. The van der Waals surface area contributed by atoms with Crippen molar-refractivity contribution in [3.05, 3.63) is 0 Å². The monoisotopic (exact) mass is 441 g/mol. The number of carbonyl (C=O) groups excluding carboxylic acids is 1. The van der Waals surface area contributed by atoms with E-state index in [9.17, 15) is 4.79 Å². The van der Waals surface area contributed by atoms with Crippen LogP contribution in [0.15, 0.2) is 0 Å². The maximum atomic E-state index is 12.3. The summed E-state index contributed by atoms with van der Waals surface area (Å²) in [5.41, 5.74) is -0.775. The molecule has 0 aromatic rings. The number of piperidine rings is 1. The number of carbonyl (C=O) groups is 1. The van der Waals surface area contributed by atoms with Crippen LogP contribution < -0.4 is 0 Å². The van der Waals surface area contributed by atoms with E-state index in [0.717, 1.165) is 23.8 Å². The molecule has 2 unspecified atom stereocenters. The van der Waals surface area contributed by atoms with E-state index in [0.29, 0.717) is 19.1 Å². The number of ether oxygens (including phenoxy) is 3. The molecule has 6 heteroatoms. The van der Waals surface area contributed by atoms with Gasteiger partial charge in [0.1, 0.15) is 5.60 Å². The van der Waals surface area contributed by atoms with Crippen molar-refractivity contribution in [1.29, 1.82) is 0 Å². The summed E-state index contributed by atoms with van der Waals surface area (Å²) in [6.45, 7) is 11.8. The molecule has 23 heavy (non-hydrogen) atoms.